The number of hydrazine groups is 1. The Labute approximate surface area is 143 Å². The van der Waals surface area contributed by atoms with Crippen LogP contribution in [0.4, 0.5) is 5.95 Å². The zero-order chi connectivity index (χ0) is 15.6. The number of anilines is 1. The fraction of sp³-hybridized carbons (Fsp3) is 0.600. The Bertz CT molecular complexity index is 766. The minimum absolute atomic E-state index is 0.189. The molecule has 0 saturated carbocycles. The molecule has 1 unspecified atom stereocenters. The molecular weight excluding hydrogens is 328 g/mol. The molecule has 2 aromatic heterocycles. The molecule has 0 amide bonds. The number of thiophene rings is 1. The van der Waals surface area contributed by atoms with E-state index in [-0.39, 0.29) is 6.17 Å². The maximum absolute atomic E-state index is 4.46. The predicted molar refractivity (Wildman–Crippen MR) is 93.2 cm³/mol. The molecule has 1 aliphatic carbocycles. The molecular formula is C15H20N6S2. The highest BCUT2D eigenvalue weighted by atomic mass is 32.2. The molecule has 4 heterocycles. The van der Waals surface area contributed by atoms with Crippen molar-refractivity contribution < 1.29 is 0 Å². The number of hydrogen-bond donors (Lipinski definition) is 2. The van der Waals surface area contributed by atoms with Gasteiger partial charge >= 0.3 is 0 Å². The second kappa shape index (κ2) is 5.20. The number of rotatable bonds is 2. The first-order valence-corrected chi connectivity index (χ1v) is 10.1. The van der Waals surface area contributed by atoms with Crippen LogP contribution in [0.3, 0.4) is 0 Å². The van der Waals surface area contributed by atoms with E-state index in [1.54, 1.807) is 22.2 Å². The average Bonchev–Trinajstić information content (AvgIpc) is 3.21. The summed E-state index contributed by atoms with van der Waals surface area (Å²) in [6.45, 7) is 5.30. The van der Waals surface area contributed by atoms with Gasteiger partial charge in [0.15, 0.2) is 5.16 Å². The van der Waals surface area contributed by atoms with Gasteiger partial charge in [-0.3, -0.25) is 10.3 Å². The highest BCUT2D eigenvalue weighted by Crippen LogP contribution is 2.48. The monoisotopic (exact) mass is 348 g/mol. The van der Waals surface area contributed by atoms with Crippen LogP contribution in [-0.4, -0.2) is 27.2 Å². The molecule has 8 heteroatoms. The molecule has 2 aromatic rings. The van der Waals surface area contributed by atoms with E-state index in [4.69, 9.17) is 0 Å². The Morgan fingerprint density at radius 3 is 3.17 bits per heavy atom. The van der Waals surface area contributed by atoms with E-state index in [2.05, 4.69) is 44.4 Å². The molecule has 0 aromatic carbocycles. The number of nitrogens with zero attached hydrogens (tertiary/aromatic N) is 4. The Morgan fingerprint density at radius 2 is 2.30 bits per heavy atom. The maximum Gasteiger partial charge on any atom is 0.249 e. The molecule has 2 aliphatic heterocycles. The van der Waals surface area contributed by atoms with Gasteiger partial charge in [0.1, 0.15) is 11.2 Å². The van der Waals surface area contributed by atoms with Crippen molar-refractivity contribution >= 4 is 29.0 Å². The van der Waals surface area contributed by atoms with Gasteiger partial charge in [-0.05, 0) is 36.5 Å². The van der Waals surface area contributed by atoms with Gasteiger partial charge in [0.2, 0.25) is 5.95 Å². The quantitative estimate of drug-likeness (QED) is 0.813. The Kier molecular flexibility index (Phi) is 3.23. The average molecular weight is 349 g/mol. The summed E-state index contributed by atoms with van der Waals surface area (Å²) in [5, 5.41) is 17.0. The summed E-state index contributed by atoms with van der Waals surface area (Å²) in [5.41, 5.74) is 6.43. The molecule has 0 radical (unpaired) electrons. The number of aromatic nitrogens is 3. The van der Waals surface area contributed by atoms with E-state index in [1.165, 1.54) is 29.8 Å². The number of nitrogens with one attached hydrogen (secondary N) is 2. The van der Waals surface area contributed by atoms with Crippen LogP contribution in [0.2, 0.25) is 0 Å². The van der Waals surface area contributed by atoms with Gasteiger partial charge in [0, 0.05) is 10.4 Å². The lowest BCUT2D eigenvalue weighted by Gasteiger charge is -2.31. The standard InChI is InChI=1S/C15H20N6S2/c1-3-22-15-19-18-14-20(15)13-11(12-16-7-17-21(12)14)9-5-4-8(2)6-10(9)23-13/h8,12,16-17H,3-7H2,1-2H3/t8-,12?/m1/s1. The van der Waals surface area contributed by atoms with E-state index in [0.29, 0.717) is 0 Å². The third-order valence-corrected chi connectivity index (χ3v) is 6.98. The van der Waals surface area contributed by atoms with Crippen molar-refractivity contribution in [2.24, 2.45) is 5.92 Å². The summed E-state index contributed by atoms with van der Waals surface area (Å²) < 4.78 is 2.26. The minimum atomic E-state index is 0.189. The summed E-state index contributed by atoms with van der Waals surface area (Å²) in [6.07, 6.45) is 3.89. The third kappa shape index (κ3) is 1.95. The summed E-state index contributed by atoms with van der Waals surface area (Å²) >= 11 is 3.71. The number of thioether (sulfide) groups is 1. The maximum atomic E-state index is 4.46. The molecule has 5 rings (SSSR count). The molecule has 2 N–H and O–H groups in total. The summed E-state index contributed by atoms with van der Waals surface area (Å²) in [5.74, 6) is 2.71. The van der Waals surface area contributed by atoms with Crippen molar-refractivity contribution in [2.75, 3.05) is 17.4 Å². The van der Waals surface area contributed by atoms with E-state index < -0.39 is 0 Å². The fourth-order valence-corrected chi connectivity index (χ4v) is 6.11. The highest BCUT2D eigenvalue weighted by molar-refractivity contribution is 7.99. The van der Waals surface area contributed by atoms with Crippen LogP contribution < -0.4 is 15.8 Å². The molecule has 6 nitrogen and oxygen atoms in total. The Hall–Kier alpha value is -1.09. The molecule has 3 aliphatic rings. The molecule has 2 atom stereocenters. The van der Waals surface area contributed by atoms with Gasteiger partial charge in [-0.2, -0.15) is 0 Å². The zero-order valence-corrected chi connectivity index (χ0v) is 14.9. The van der Waals surface area contributed by atoms with Crippen molar-refractivity contribution in [2.45, 2.75) is 44.4 Å². The van der Waals surface area contributed by atoms with Crippen molar-refractivity contribution in [1.29, 1.82) is 0 Å². The van der Waals surface area contributed by atoms with Crippen LogP contribution in [0, 0.1) is 5.92 Å². The summed E-state index contributed by atoms with van der Waals surface area (Å²) in [4.78, 5) is 1.57. The van der Waals surface area contributed by atoms with Gasteiger partial charge in [-0.25, -0.2) is 9.99 Å². The largest absolute Gasteiger partial charge is 0.278 e. The van der Waals surface area contributed by atoms with Gasteiger partial charge in [-0.1, -0.05) is 25.6 Å². The lowest BCUT2D eigenvalue weighted by atomic mass is 9.87. The van der Waals surface area contributed by atoms with Crippen molar-refractivity contribution in [3.05, 3.63) is 16.0 Å². The zero-order valence-electron chi connectivity index (χ0n) is 13.3. The number of fused-ring (bicyclic) bond motifs is 8. The molecule has 23 heavy (non-hydrogen) atoms. The molecule has 1 saturated heterocycles. The van der Waals surface area contributed by atoms with Crippen molar-refractivity contribution in [3.63, 3.8) is 0 Å². The summed E-state index contributed by atoms with van der Waals surface area (Å²) in [7, 11) is 0. The van der Waals surface area contributed by atoms with E-state index in [9.17, 15) is 0 Å². The molecule has 1 fully saturated rings. The van der Waals surface area contributed by atoms with Crippen LogP contribution in [0.15, 0.2) is 5.16 Å². The summed E-state index contributed by atoms with van der Waals surface area (Å²) in [6, 6.07) is 0. The first-order chi connectivity index (χ1) is 11.3. The first kappa shape index (κ1) is 14.3. The van der Waals surface area contributed by atoms with Gasteiger partial charge in [0.05, 0.1) is 6.67 Å². The van der Waals surface area contributed by atoms with Crippen LogP contribution in [0.1, 0.15) is 42.4 Å². The van der Waals surface area contributed by atoms with E-state index in [1.807, 2.05) is 11.3 Å². The molecule has 0 bridgehead atoms. The topological polar surface area (TPSA) is 58.0 Å². The number of hydrogen-bond acceptors (Lipinski definition) is 7. The first-order valence-electron chi connectivity index (χ1n) is 8.27. The molecule has 122 valence electrons. The van der Waals surface area contributed by atoms with Gasteiger partial charge < -0.3 is 0 Å². The third-order valence-electron chi connectivity index (χ3n) is 4.92. The molecule has 0 spiro atoms. The van der Waals surface area contributed by atoms with Gasteiger partial charge in [-0.15, -0.1) is 21.5 Å². The highest BCUT2D eigenvalue weighted by Gasteiger charge is 2.41. The van der Waals surface area contributed by atoms with E-state index in [0.717, 1.165) is 29.4 Å². The van der Waals surface area contributed by atoms with Crippen molar-refractivity contribution in [3.8, 4) is 5.00 Å². The van der Waals surface area contributed by atoms with E-state index >= 15 is 0 Å². The normalized spacial score (nSPS) is 25.0. The lowest BCUT2D eigenvalue weighted by molar-refractivity contribution is 0.499. The van der Waals surface area contributed by atoms with Crippen LogP contribution >= 0.6 is 23.1 Å². The van der Waals surface area contributed by atoms with Crippen LogP contribution in [0.25, 0.3) is 5.00 Å². The SMILES string of the molecule is CCSc1nnc2n1-c1sc3c(c1C1NCNN21)CC[C@@H](C)C3. The second-order valence-corrected chi connectivity index (χ2v) is 8.75. The Morgan fingerprint density at radius 1 is 1.39 bits per heavy atom. The van der Waals surface area contributed by atoms with Crippen LogP contribution in [-0.2, 0) is 12.8 Å². The smallest absolute Gasteiger partial charge is 0.249 e. The van der Waals surface area contributed by atoms with Gasteiger partial charge in [0.25, 0.3) is 0 Å². The van der Waals surface area contributed by atoms with Crippen molar-refractivity contribution in [1.82, 2.24) is 25.5 Å². The van der Waals surface area contributed by atoms with Crippen LogP contribution in [0.5, 0.6) is 0 Å². The minimum Gasteiger partial charge on any atom is -0.278 e. The predicted octanol–water partition coefficient (Wildman–Crippen LogP) is 2.45. The second-order valence-electron chi connectivity index (χ2n) is 6.43. The Balaban J connectivity index is 1.74. The lowest BCUT2D eigenvalue weighted by Crippen LogP contribution is -2.39. The fourth-order valence-electron chi connectivity index (χ4n) is 3.85.